The number of nitrogens with two attached hydrogens (primary N) is 1. The molecule has 7 heteroatoms. The minimum absolute atomic E-state index is 0.296. The van der Waals surface area contributed by atoms with E-state index >= 15 is 0 Å². The first-order chi connectivity index (χ1) is 12.7. The van der Waals surface area contributed by atoms with E-state index in [1.165, 1.54) is 0 Å². The third-order valence-corrected chi connectivity index (χ3v) is 4.66. The molecule has 0 bridgehead atoms. The van der Waals surface area contributed by atoms with E-state index < -0.39 is 0 Å². The van der Waals surface area contributed by atoms with Crippen LogP contribution in [0.15, 0.2) is 42.6 Å². The first-order valence-corrected chi connectivity index (χ1v) is 8.63. The van der Waals surface area contributed by atoms with Gasteiger partial charge >= 0.3 is 0 Å². The van der Waals surface area contributed by atoms with Gasteiger partial charge in [-0.2, -0.15) is 10.2 Å². The highest BCUT2D eigenvalue weighted by Crippen LogP contribution is 2.22. The number of rotatable bonds is 3. The molecule has 1 aliphatic rings. The smallest absolute Gasteiger partial charge is 0.225 e. The van der Waals surface area contributed by atoms with Gasteiger partial charge in [0.05, 0.1) is 11.1 Å². The summed E-state index contributed by atoms with van der Waals surface area (Å²) in [5, 5.41) is 13.2. The standard InChI is InChI=1S/C19H19N7/c20-11-13-5-6-17(22-12-13)26-9-7-14(8-10-26)23-19-24-16-4-2-1-3-15(16)18(21)25-19/h1-6,12,14H,7-10H2,(H3,21,23,24,25). The summed E-state index contributed by atoms with van der Waals surface area (Å²) in [5.41, 5.74) is 7.48. The molecule has 2 aromatic heterocycles. The van der Waals surface area contributed by atoms with Crippen molar-refractivity contribution < 1.29 is 0 Å². The average molecular weight is 345 g/mol. The number of benzene rings is 1. The van der Waals surface area contributed by atoms with Gasteiger partial charge in [-0.3, -0.25) is 0 Å². The summed E-state index contributed by atoms with van der Waals surface area (Å²) in [6.07, 6.45) is 3.53. The lowest BCUT2D eigenvalue weighted by molar-refractivity contribution is 0.521. The van der Waals surface area contributed by atoms with Crippen LogP contribution in [0.5, 0.6) is 0 Å². The molecular formula is C19H19N7. The maximum Gasteiger partial charge on any atom is 0.225 e. The summed E-state index contributed by atoms with van der Waals surface area (Å²) >= 11 is 0. The lowest BCUT2D eigenvalue weighted by atomic mass is 10.1. The summed E-state index contributed by atoms with van der Waals surface area (Å²) in [7, 11) is 0. The largest absolute Gasteiger partial charge is 0.383 e. The van der Waals surface area contributed by atoms with Gasteiger partial charge in [-0.25, -0.2) is 9.97 Å². The molecule has 0 aliphatic carbocycles. The quantitative estimate of drug-likeness (QED) is 0.752. The number of hydrogen-bond acceptors (Lipinski definition) is 7. The number of anilines is 3. The van der Waals surface area contributed by atoms with Gasteiger partial charge in [-0.15, -0.1) is 0 Å². The van der Waals surface area contributed by atoms with Crippen LogP contribution in [0.2, 0.25) is 0 Å². The van der Waals surface area contributed by atoms with E-state index in [-0.39, 0.29) is 0 Å². The van der Waals surface area contributed by atoms with Crippen molar-refractivity contribution in [3.8, 4) is 6.07 Å². The van der Waals surface area contributed by atoms with Crippen molar-refractivity contribution in [2.75, 3.05) is 29.0 Å². The van der Waals surface area contributed by atoms with Crippen LogP contribution in [0.25, 0.3) is 10.9 Å². The Bertz CT molecular complexity index is 954. The number of pyridine rings is 1. The molecule has 1 aromatic carbocycles. The van der Waals surface area contributed by atoms with Crippen molar-refractivity contribution in [2.45, 2.75) is 18.9 Å². The summed E-state index contributed by atoms with van der Waals surface area (Å²) in [5.74, 6) is 1.99. The number of aromatic nitrogens is 3. The number of fused-ring (bicyclic) bond motifs is 1. The molecule has 0 amide bonds. The fourth-order valence-electron chi connectivity index (χ4n) is 3.24. The Labute approximate surface area is 151 Å². The Morgan fingerprint density at radius 2 is 1.92 bits per heavy atom. The van der Waals surface area contributed by atoms with Gasteiger partial charge in [0.2, 0.25) is 5.95 Å². The predicted octanol–water partition coefficient (Wildman–Crippen LogP) is 2.56. The minimum Gasteiger partial charge on any atom is -0.383 e. The van der Waals surface area contributed by atoms with Gasteiger partial charge in [-0.05, 0) is 37.1 Å². The van der Waals surface area contributed by atoms with Crippen molar-refractivity contribution in [1.29, 1.82) is 5.26 Å². The highest BCUT2D eigenvalue weighted by Gasteiger charge is 2.21. The molecule has 3 N–H and O–H groups in total. The highest BCUT2D eigenvalue weighted by molar-refractivity contribution is 5.88. The van der Waals surface area contributed by atoms with E-state index in [1.54, 1.807) is 12.3 Å². The molecule has 0 spiro atoms. The number of piperidine rings is 1. The van der Waals surface area contributed by atoms with Crippen LogP contribution >= 0.6 is 0 Å². The van der Waals surface area contributed by atoms with Gasteiger partial charge < -0.3 is 16.0 Å². The van der Waals surface area contributed by atoms with Gasteiger partial charge in [0.15, 0.2) is 0 Å². The Morgan fingerprint density at radius 1 is 1.12 bits per heavy atom. The van der Waals surface area contributed by atoms with Crippen LogP contribution in [-0.4, -0.2) is 34.1 Å². The van der Waals surface area contributed by atoms with Crippen LogP contribution in [0.3, 0.4) is 0 Å². The van der Waals surface area contributed by atoms with Crippen molar-refractivity contribution in [3.63, 3.8) is 0 Å². The number of nitrogens with zero attached hydrogens (tertiary/aromatic N) is 5. The normalized spacial score (nSPS) is 15.0. The van der Waals surface area contributed by atoms with Crippen LogP contribution in [0.1, 0.15) is 18.4 Å². The number of nitrogen functional groups attached to an aromatic ring is 1. The average Bonchev–Trinajstić information content (AvgIpc) is 2.69. The molecule has 0 radical (unpaired) electrons. The summed E-state index contributed by atoms with van der Waals surface area (Å²) in [6, 6.07) is 13.8. The fourth-order valence-corrected chi connectivity index (χ4v) is 3.24. The number of nitrogens with one attached hydrogen (secondary N) is 1. The van der Waals surface area contributed by atoms with Crippen LogP contribution in [0, 0.1) is 11.3 Å². The molecule has 1 fully saturated rings. The van der Waals surface area contributed by atoms with Gasteiger partial charge in [0, 0.05) is 30.7 Å². The van der Waals surface area contributed by atoms with E-state index in [2.05, 4.69) is 31.2 Å². The summed E-state index contributed by atoms with van der Waals surface area (Å²) in [6.45, 7) is 1.78. The molecule has 1 saturated heterocycles. The molecule has 0 atom stereocenters. The zero-order chi connectivity index (χ0) is 17.9. The highest BCUT2D eigenvalue weighted by atomic mass is 15.2. The van der Waals surface area contributed by atoms with E-state index in [9.17, 15) is 0 Å². The Hall–Kier alpha value is -3.40. The SMILES string of the molecule is N#Cc1ccc(N2CCC(Nc3nc(N)c4ccccc4n3)CC2)nc1. The molecule has 26 heavy (non-hydrogen) atoms. The van der Waals surface area contributed by atoms with E-state index in [0.717, 1.165) is 42.7 Å². The monoisotopic (exact) mass is 345 g/mol. The van der Waals surface area contributed by atoms with E-state index in [1.807, 2.05) is 30.3 Å². The van der Waals surface area contributed by atoms with Gasteiger partial charge in [0.1, 0.15) is 17.7 Å². The molecule has 0 unspecified atom stereocenters. The molecular weight excluding hydrogens is 326 g/mol. The molecule has 3 heterocycles. The lowest BCUT2D eigenvalue weighted by Crippen LogP contribution is -2.39. The van der Waals surface area contributed by atoms with Crippen molar-refractivity contribution in [1.82, 2.24) is 15.0 Å². The second-order valence-electron chi connectivity index (χ2n) is 6.37. The third kappa shape index (κ3) is 3.22. The van der Waals surface area contributed by atoms with Gasteiger partial charge in [0.25, 0.3) is 0 Å². The number of hydrogen-bond donors (Lipinski definition) is 2. The molecule has 3 aromatic rings. The zero-order valence-electron chi connectivity index (χ0n) is 14.3. The van der Waals surface area contributed by atoms with Crippen LogP contribution in [0.4, 0.5) is 17.6 Å². The maximum atomic E-state index is 8.87. The molecule has 7 nitrogen and oxygen atoms in total. The first-order valence-electron chi connectivity index (χ1n) is 8.63. The van der Waals surface area contributed by atoms with Crippen molar-refractivity contribution >= 4 is 28.5 Å². The van der Waals surface area contributed by atoms with Crippen molar-refractivity contribution in [2.24, 2.45) is 0 Å². The third-order valence-electron chi connectivity index (χ3n) is 4.66. The van der Waals surface area contributed by atoms with Crippen molar-refractivity contribution in [3.05, 3.63) is 48.2 Å². The molecule has 4 rings (SSSR count). The summed E-state index contributed by atoms with van der Waals surface area (Å²) in [4.78, 5) is 15.6. The van der Waals surface area contributed by atoms with Gasteiger partial charge in [-0.1, -0.05) is 12.1 Å². The molecule has 130 valence electrons. The number of para-hydroxylation sites is 1. The van der Waals surface area contributed by atoms with E-state index in [0.29, 0.717) is 23.4 Å². The Kier molecular flexibility index (Phi) is 4.23. The summed E-state index contributed by atoms with van der Waals surface area (Å²) < 4.78 is 0. The maximum absolute atomic E-state index is 8.87. The second kappa shape index (κ2) is 6.84. The minimum atomic E-state index is 0.296. The first kappa shape index (κ1) is 16.1. The second-order valence-corrected chi connectivity index (χ2v) is 6.37. The van der Waals surface area contributed by atoms with E-state index in [4.69, 9.17) is 11.0 Å². The van der Waals surface area contributed by atoms with Crippen LogP contribution < -0.4 is 16.0 Å². The predicted molar refractivity (Wildman–Crippen MR) is 102 cm³/mol. The number of nitriles is 1. The Morgan fingerprint density at radius 3 is 2.65 bits per heavy atom. The topological polar surface area (TPSA) is 104 Å². The lowest BCUT2D eigenvalue weighted by Gasteiger charge is -2.33. The molecule has 1 aliphatic heterocycles. The fraction of sp³-hybridized carbons (Fsp3) is 0.263. The zero-order valence-corrected chi connectivity index (χ0v) is 14.3. The Balaban J connectivity index is 1.41. The van der Waals surface area contributed by atoms with Crippen LogP contribution in [-0.2, 0) is 0 Å². The molecule has 0 saturated carbocycles.